The van der Waals surface area contributed by atoms with Gasteiger partial charge in [0.25, 0.3) is 0 Å². The maximum Gasteiger partial charge on any atom is 0.216 e. The van der Waals surface area contributed by atoms with E-state index in [1.807, 2.05) is 6.07 Å². The average molecular weight is 368 g/mol. The first kappa shape index (κ1) is 17.2. The van der Waals surface area contributed by atoms with Gasteiger partial charge >= 0.3 is 0 Å². The van der Waals surface area contributed by atoms with Gasteiger partial charge in [-0.15, -0.1) is 0 Å². The molecule has 2 fully saturated rings. The number of benzene rings is 1. The normalized spacial score (nSPS) is 25.5. The van der Waals surface area contributed by atoms with Crippen molar-refractivity contribution in [3.8, 4) is 0 Å². The number of fused-ring (bicyclic) bond motifs is 1. The van der Waals surface area contributed by atoms with Crippen LogP contribution in [0.1, 0.15) is 31.2 Å². The molecule has 7 heteroatoms. The molecular formula is C18H25FN2O3S. The van der Waals surface area contributed by atoms with Gasteiger partial charge in [-0.25, -0.2) is 17.1 Å². The first-order valence-corrected chi connectivity index (χ1v) is 10.8. The summed E-state index contributed by atoms with van der Waals surface area (Å²) in [7, 11) is -3.24. The van der Waals surface area contributed by atoms with Gasteiger partial charge in [-0.05, 0) is 55.9 Å². The Kier molecular flexibility index (Phi) is 4.73. The fourth-order valence-corrected chi connectivity index (χ4v) is 6.03. The van der Waals surface area contributed by atoms with E-state index in [0.717, 1.165) is 49.9 Å². The highest BCUT2D eigenvalue weighted by molar-refractivity contribution is 7.89. The molecule has 3 aliphatic heterocycles. The largest absolute Gasteiger partial charge is 0.377 e. The summed E-state index contributed by atoms with van der Waals surface area (Å²) in [4.78, 5) is 2.33. The van der Waals surface area contributed by atoms with Gasteiger partial charge < -0.3 is 9.64 Å². The Morgan fingerprint density at radius 3 is 2.68 bits per heavy atom. The lowest BCUT2D eigenvalue weighted by molar-refractivity contribution is 0.126. The first-order valence-electron chi connectivity index (χ1n) is 9.17. The molecule has 0 N–H and O–H groups in total. The number of hydrogen-bond acceptors (Lipinski definition) is 4. The van der Waals surface area contributed by atoms with Crippen LogP contribution in [0.15, 0.2) is 18.2 Å². The van der Waals surface area contributed by atoms with Crippen molar-refractivity contribution >= 4 is 15.7 Å². The maximum absolute atomic E-state index is 13.4. The Hall–Kier alpha value is -1.18. The van der Waals surface area contributed by atoms with Gasteiger partial charge in [0, 0.05) is 38.0 Å². The molecule has 5 nitrogen and oxygen atoms in total. The number of rotatable bonds is 4. The zero-order valence-corrected chi connectivity index (χ0v) is 15.2. The highest BCUT2D eigenvalue weighted by Crippen LogP contribution is 2.33. The molecule has 0 saturated carbocycles. The molecule has 3 heterocycles. The molecule has 25 heavy (non-hydrogen) atoms. The van der Waals surface area contributed by atoms with Crippen molar-refractivity contribution < 1.29 is 17.5 Å². The first-order chi connectivity index (χ1) is 12.0. The lowest BCUT2D eigenvalue weighted by atomic mass is 10.0. The predicted molar refractivity (Wildman–Crippen MR) is 94.8 cm³/mol. The zero-order chi connectivity index (χ0) is 17.4. The standard InChI is InChI=1S/C18H25FN2O3S/c19-15-3-4-18-14(12-15)5-10-21(18)16-6-8-20(9-7-16)25(22,23)13-17-2-1-11-24-17/h3-4,12,16-17H,1-2,5-11,13H2. The van der Waals surface area contributed by atoms with Crippen LogP contribution in [0.5, 0.6) is 0 Å². The Bertz CT molecular complexity index is 726. The van der Waals surface area contributed by atoms with Crippen molar-refractivity contribution in [1.29, 1.82) is 0 Å². The topological polar surface area (TPSA) is 49.9 Å². The number of halogens is 1. The Morgan fingerprint density at radius 1 is 1.16 bits per heavy atom. The third kappa shape index (κ3) is 3.55. The van der Waals surface area contributed by atoms with Crippen LogP contribution in [-0.2, 0) is 21.2 Å². The van der Waals surface area contributed by atoms with Crippen LogP contribution in [0.2, 0.25) is 0 Å². The minimum atomic E-state index is -3.24. The maximum atomic E-state index is 13.4. The van der Waals surface area contributed by atoms with Gasteiger partial charge in [-0.3, -0.25) is 0 Å². The van der Waals surface area contributed by atoms with Gasteiger partial charge in [-0.2, -0.15) is 0 Å². The van der Waals surface area contributed by atoms with E-state index >= 15 is 0 Å². The van der Waals surface area contributed by atoms with Crippen molar-refractivity contribution in [3.05, 3.63) is 29.6 Å². The molecule has 1 atom stereocenters. The minimum Gasteiger partial charge on any atom is -0.377 e. The van der Waals surface area contributed by atoms with Gasteiger partial charge in [0.1, 0.15) is 5.82 Å². The molecule has 0 aromatic heterocycles. The summed E-state index contributed by atoms with van der Waals surface area (Å²) in [6.07, 6.45) is 4.17. The predicted octanol–water partition coefficient (Wildman–Crippen LogP) is 2.16. The average Bonchev–Trinajstić information content (AvgIpc) is 3.23. The molecule has 2 saturated heterocycles. The molecule has 138 valence electrons. The number of piperidine rings is 1. The van der Waals surface area contributed by atoms with Crippen LogP contribution in [0.3, 0.4) is 0 Å². The molecule has 0 bridgehead atoms. The van der Waals surface area contributed by atoms with Gasteiger partial charge in [0.2, 0.25) is 10.0 Å². The summed E-state index contributed by atoms with van der Waals surface area (Å²) >= 11 is 0. The Balaban J connectivity index is 1.37. The lowest BCUT2D eigenvalue weighted by Gasteiger charge is -2.37. The fraction of sp³-hybridized carbons (Fsp3) is 0.667. The molecule has 0 spiro atoms. The van der Waals surface area contributed by atoms with Crippen LogP contribution in [0.4, 0.5) is 10.1 Å². The molecule has 0 amide bonds. The molecule has 1 unspecified atom stereocenters. The smallest absolute Gasteiger partial charge is 0.216 e. The molecule has 1 aromatic rings. The van der Waals surface area contributed by atoms with E-state index in [2.05, 4.69) is 4.90 Å². The van der Waals surface area contributed by atoms with E-state index < -0.39 is 10.0 Å². The summed E-state index contributed by atoms with van der Waals surface area (Å²) in [5, 5.41) is 0. The van der Waals surface area contributed by atoms with Crippen molar-refractivity contribution in [2.45, 2.75) is 44.2 Å². The highest BCUT2D eigenvalue weighted by Gasteiger charge is 2.34. The monoisotopic (exact) mass is 368 g/mol. The molecular weight excluding hydrogens is 343 g/mol. The van der Waals surface area contributed by atoms with Crippen LogP contribution in [-0.4, -0.2) is 56.9 Å². The van der Waals surface area contributed by atoms with E-state index in [0.29, 0.717) is 25.7 Å². The SMILES string of the molecule is O=S(=O)(CC1CCCO1)N1CCC(N2CCc3cc(F)ccc32)CC1. The molecule has 1 aromatic carbocycles. The van der Waals surface area contributed by atoms with E-state index in [1.165, 1.54) is 6.07 Å². The second-order valence-corrected chi connectivity index (χ2v) is 9.27. The number of hydrogen-bond donors (Lipinski definition) is 0. The van der Waals surface area contributed by atoms with Crippen LogP contribution < -0.4 is 4.90 Å². The van der Waals surface area contributed by atoms with Crippen LogP contribution in [0, 0.1) is 5.82 Å². The number of anilines is 1. The summed E-state index contributed by atoms with van der Waals surface area (Å²) in [6.45, 7) is 2.70. The van der Waals surface area contributed by atoms with E-state index in [1.54, 1.807) is 10.4 Å². The summed E-state index contributed by atoms with van der Waals surface area (Å²) in [5.41, 5.74) is 2.18. The molecule has 0 radical (unpaired) electrons. The second kappa shape index (κ2) is 6.85. The second-order valence-electron chi connectivity index (χ2n) is 7.26. The quantitative estimate of drug-likeness (QED) is 0.817. The summed E-state index contributed by atoms with van der Waals surface area (Å²) in [5.74, 6) is -0.0700. The van der Waals surface area contributed by atoms with Gasteiger partial charge in [0.15, 0.2) is 0 Å². The van der Waals surface area contributed by atoms with E-state index in [4.69, 9.17) is 4.74 Å². The van der Waals surface area contributed by atoms with E-state index in [-0.39, 0.29) is 17.7 Å². The Labute approximate surface area is 148 Å². The number of sulfonamides is 1. The van der Waals surface area contributed by atoms with Crippen LogP contribution >= 0.6 is 0 Å². The zero-order valence-electron chi connectivity index (χ0n) is 14.4. The van der Waals surface area contributed by atoms with Crippen molar-refractivity contribution in [3.63, 3.8) is 0 Å². The Morgan fingerprint density at radius 2 is 1.96 bits per heavy atom. The van der Waals surface area contributed by atoms with Crippen molar-refractivity contribution in [2.24, 2.45) is 0 Å². The van der Waals surface area contributed by atoms with Crippen molar-refractivity contribution in [2.75, 3.05) is 36.9 Å². The highest BCUT2D eigenvalue weighted by atomic mass is 32.2. The third-order valence-corrected chi connectivity index (χ3v) is 7.60. The van der Waals surface area contributed by atoms with Gasteiger partial charge in [-0.1, -0.05) is 0 Å². The number of ether oxygens (including phenoxy) is 1. The van der Waals surface area contributed by atoms with Crippen LogP contribution in [0.25, 0.3) is 0 Å². The third-order valence-electron chi connectivity index (χ3n) is 5.65. The molecule has 4 rings (SSSR count). The summed E-state index contributed by atoms with van der Waals surface area (Å²) in [6, 6.07) is 5.33. The molecule has 3 aliphatic rings. The van der Waals surface area contributed by atoms with Gasteiger partial charge in [0.05, 0.1) is 11.9 Å². The summed E-state index contributed by atoms with van der Waals surface area (Å²) < 4.78 is 45.7. The molecule has 0 aliphatic carbocycles. The lowest BCUT2D eigenvalue weighted by Crippen LogP contribution is -2.47. The van der Waals surface area contributed by atoms with E-state index in [9.17, 15) is 12.8 Å². The minimum absolute atomic E-state index is 0.115. The van der Waals surface area contributed by atoms with Crippen molar-refractivity contribution in [1.82, 2.24) is 4.31 Å². The fourth-order valence-electron chi connectivity index (χ4n) is 4.32. The number of nitrogens with zero attached hydrogens (tertiary/aromatic N) is 2.